The van der Waals surface area contributed by atoms with Gasteiger partial charge in [0.15, 0.2) is 5.82 Å². The standard InChI is InChI=1S/C19H20FN5O2S/c1-12(18(26)22-11-13-6-8-16(27-2)9-7-13)28-19-24-23-17(25(19)21)14-4-3-5-15(20)10-14/h3-10,12H,11,21H2,1-2H3,(H,22,26)/t12-/m0/s1. The van der Waals surface area contributed by atoms with Gasteiger partial charge in [0.2, 0.25) is 11.1 Å². The Balaban J connectivity index is 1.60. The van der Waals surface area contributed by atoms with Crippen LogP contribution in [-0.2, 0) is 11.3 Å². The number of nitrogens with two attached hydrogens (primary N) is 1. The van der Waals surface area contributed by atoms with E-state index in [1.54, 1.807) is 26.2 Å². The number of ether oxygens (including phenoxy) is 1. The van der Waals surface area contributed by atoms with Crippen molar-refractivity contribution >= 4 is 17.7 Å². The number of thioether (sulfide) groups is 1. The van der Waals surface area contributed by atoms with Gasteiger partial charge >= 0.3 is 0 Å². The molecule has 0 saturated heterocycles. The van der Waals surface area contributed by atoms with Crippen LogP contribution in [0.2, 0.25) is 0 Å². The number of hydrogen-bond donors (Lipinski definition) is 2. The Labute approximate surface area is 166 Å². The highest BCUT2D eigenvalue weighted by Crippen LogP contribution is 2.25. The van der Waals surface area contributed by atoms with Crippen LogP contribution in [0.1, 0.15) is 12.5 Å². The van der Waals surface area contributed by atoms with E-state index in [1.807, 2.05) is 24.3 Å². The largest absolute Gasteiger partial charge is 0.497 e. The zero-order valence-corrected chi connectivity index (χ0v) is 16.2. The number of nitrogen functional groups attached to an aromatic ring is 1. The topological polar surface area (TPSA) is 95.1 Å². The van der Waals surface area contributed by atoms with E-state index in [4.69, 9.17) is 10.6 Å². The van der Waals surface area contributed by atoms with E-state index >= 15 is 0 Å². The molecule has 0 saturated carbocycles. The number of halogens is 1. The zero-order chi connectivity index (χ0) is 20.1. The van der Waals surface area contributed by atoms with Crippen LogP contribution in [0.25, 0.3) is 11.4 Å². The second-order valence-corrected chi connectivity index (χ2v) is 7.32. The first-order valence-electron chi connectivity index (χ1n) is 8.51. The molecule has 3 aromatic rings. The normalized spacial score (nSPS) is 11.8. The van der Waals surface area contributed by atoms with Crippen molar-refractivity contribution in [2.24, 2.45) is 0 Å². The summed E-state index contributed by atoms with van der Waals surface area (Å²) in [6, 6.07) is 13.4. The van der Waals surface area contributed by atoms with Gasteiger partial charge in [-0.05, 0) is 36.8 Å². The summed E-state index contributed by atoms with van der Waals surface area (Å²) in [4.78, 5) is 12.4. The summed E-state index contributed by atoms with van der Waals surface area (Å²) in [7, 11) is 1.60. The number of nitrogens with one attached hydrogen (secondary N) is 1. The van der Waals surface area contributed by atoms with Crippen LogP contribution in [0.15, 0.2) is 53.7 Å². The van der Waals surface area contributed by atoms with Crippen LogP contribution in [0.3, 0.4) is 0 Å². The van der Waals surface area contributed by atoms with Crippen molar-refractivity contribution in [2.45, 2.75) is 23.9 Å². The fourth-order valence-electron chi connectivity index (χ4n) is 2.47. The zero-order valence-electron chi connectivity index (χ0n) is 15.4. The van der Waals surface area contributed by atoms with Crippen LogP contribution < -0.4 is 15.9 Å². The number of rotatable bonds is 7. The number of carbonyl (C=O) groups is 1. The molecule has 0 aliphatic carbocycles. The molecule has 1 aromatic heterocycles. The Morgan fingerprint density at radius 2 is 2.04 bits per heavy atom. The Hall–Kier alpha value is -3.07. The fraction of sp³-hybridized carbons (Fsp3) is 0.211. The number of aromatic nitrogens is 3. The first kappa shape index (κ1) is 19.7. The molecule has 0 spiro atoms. The maximum atomic E-state index is 13.4. The highest BCUT2D eigenvalue weighted by molar-refractivity contribution is 8.00. The second kappa shape index (κ2) is 8.75. The van der Waals surface area contributed by atoms with Crippen molar-refractivity contribution in [1.82, 2.24) is 20.2 Å². The summed E-state index contributed by atoms with van der Waals surface area (Å²) in [5.41, 5.74) is 1.47. The quantitative estimate of drug-likeness (QED) is 0.467. The summed E-state index contributed by atoms with van der Waals surface area (Å²) >= 11 is 1.18. The molecule has 1 atom stereocenters. The third-order valence-electron chi connectivity index (χ3n) is 4.02. The summed E-state index contributed by atoms with van der Waals surface area (Å²) < 4.78 is 19.8. The van der Waals surface area contributed by atoms with E-state index in [0.717, 1.165) is 11.3 Å². The van der Waals surface area contributed by atoms with Crippen molar-refractivity contribution in [3.8, 4) is 17.1 Å². The van der Waals surface area contributed by atoms with Crippen molar-refractivity contribution < 1.29 is 13.9 Å². The van der Waals surface area contributed by atoms with Gasteiger partial charge in [-0.3, -0.25) is 4.79 Å². The minimum absolute atomic E-state index is 0.156. The average Bonchev–Trinajstić information content (AvgIpc) is 3.06. The van der Waals surface area contributed by atoms with E-state index in [-0.39, 0.29) is 11.7 Å². The van der Waals surface area contributed by atoms with Crippen molar-refractivity contribution in [2.75, 3.05) is 13.0 Å². The Kier molecular flexibility index (Phi) is 6.15. The van der Waals surface area contributed by atoms with E-state index in [9.17, 15) is 9.18 Å². The van der Waals surface area contributed by atoms with Gasteiger partial charge in [-0.15, -0.1) is 10.2 Å². The van der Waals surface area contributed by atoms with Crippen molar-refractivity contribution in [3.63, 3.8) is 0 Å². The van der Waals surface area contributed by atoms with Gasteiger partial charge in [-0.1, -0.05) is 36.0 Å². The van der Waals surface area contributed by atoms with Crippen LogP contribution in [0, 0.1) is 5.82 Å². The number of carbonyl (C=O) groups excluding carboxylic acids is 1. The van der Waals surface area contributed by atoms with E-state index in [0.29, 0.717) is 23.1 Å². The lowest BCUT2D eigenvalue weighted by Crippen LogP contribution is -2.30. The molecule has 9 heteroatoms. The monoisotopic (exact) mass is 401 g/mol. The van der Waals surface area contributed by atoms with Crippen LogP contribution in [-0.4, -0.2) is 33.1 Å². The van der Waals surface area contributed by atoms with E-state index < -0.39 is 5.25 Å². The predicted molar refractivity (Wildman–Crippen MR) is 106 cm³/mol. The van der Waals surface area contributed by atoms with Gasteiger partial charge in [0.25, 0.3) is 0 Å². The lowest BCUT2D eigenvalue weighted by molar-refractivity contribution is -0.120. The minimum atomic E-state index is -0.440. The molecule has 0 aliphatic rings. The van der Waals surface area contributed by atoms with E-state index in [1.165, 1.54) is 28.6 Å². The maximum Gasteiger partial charge on any atom is 0.233 e. The lowest BCUT2D eigenvalue weighted by atomic mass is 10.2. The molecule has 0 radical (unpaired) electrons. The fourth-order valence-corrected chi connectivity index (χ4v) is 3.26. The third kappa shape index (κ3) is 4.61. The Morgan fingerprint density at radius 1 is 1.29 bits per heavy atom. The predicted octanol–water partition coefficient (Wildman–Crippen LogP) is 2.60. The Morgan fingerprint density at radius 3 is 2.71 bits per heavy atom. The minimum Gasteiger partial charge on any atom is -0.497 e. The molecule has 1 amide bonds. The van der Waals surface area contributed by atoms with Gasteiger partial charge in [-0.2, -0.15) is 0 Å². The number of amides is 1. The SMILES string of the molecule is COc1ccc(CNC(=O)[C@H](C)Sc2nnc(-c3cccc(F)c3)n2N)cc1. The van der Waals surface area contributed by atoms with Crippen LogP contribution in [0.4, 0.5) is 4.39 Å². The number of nitrogens with zero attached hydrogens (tertiary/aromatic N) is 3. The van der Waals surface area contributed by atoms with Crippen LogP contribution in [0.5, 0.6) is 5.75 Å². The highest BCUT2D eigenvalue weighted by Gasteiger charge is 2.20. The molecule has 146 valence electrons. The molecule has 0 bridgehead atoms. The maximum absolute atomic E-state index is 13.4. The third-order valence-corrected chi connectivity index (χ3v) is 5.08. The molecule has 7 nitrogen and oxygen atoms in total. The highest BCUT2D eigenvalue weighted by atomic mass is 32.2. The molecule has 2 aromatic carbocycles. The summed E-state index contributed by atoms with van der Waals surface area (Å²) in [5.74, 6) is 6.57. The summed E-state index contributed by atoms with van der Waals surface area (Å²) in [6.07, 6.45) is 0. The van der Waals surface area contributed by atoms with Gasteiger partial charge in [0.1, 0.15) is 11.6 Å². The number of hydrogen-bond acceptors (Lipinski definition) is 6. The van der Waals surface area contributed by atoms with Gasteiger partial charge < -0.3 is 15.9 Å². The molecule has 3 N–H and O–H groups in total. The molecule has 0 aliphatic heterocycles. The molecule has 0 fully saturated rings. The number of benzene rings is 2. The van der Waals surface area contributed by atoms with Gasteiger partial charge in [0.05, 0.1) is 12.4 Å². The second-order valence-electron chi connectivity index (χ2n) is 6.01. The van der Waals surface area contributed by atoms with Crippen molar-refractivity contribution in [1.29, 1.82) is 0 Å². The smallest absolute Gasteiger partial charge is 0.233 e. The van der Waals surface area contributed by atoms with Crippen molar-refractivity contribution in [3.05, 3.63) is 59.9 Å². The van der Waals surface area contributed by atoms with Crippen LogP contribution >= 0.6 is 11.8 Å². The van der Waals surface area contributed by atoms with Gasteiger partial charge in [-0.25, -0.2) is 9.07 Å². The molecular weight excluding hydrogens is 381 g/mol. The first-order chi connectivity index (χ1) is 13.5. The average molecular weight is 401 g/mol. The van der Waals surface area contributed by atoms with Gasteiger partial charge in [0, 0.05) is 12.1 Å². The summed E-state index contributed by atoms with van der Waals surface area (Å²) in [5, 5.41) is 10.8. The molecule has 28 heavy (non-hydrogen) atoms. The first-order valence-corrected chi connectivity index (χ1v) is 9.39. The number of methoxy groups -OCH3 is 1. The molecule has 0 unspecified atom stereocenters. The molecular formula is C19H20FN5O2S. The van der Waals surface area contributed by atoms with E-state index in [2.05, 4.69) is 15.5 Å². The molecule has 3 rings (SSSR count). The lowest BCUT2D eigenvalue weighted by Gasteiger charge is -2.12. The Bertz CT molecular complexity index is 961. The summed E-state index contributed by atoms with van der Waals surface area (Å²) in [6.45, 7) is 2.15. The molecule has 1 heterocycles.